The van der Waals surface area contributed by atoms with E-state index in [1.54, 1.807) is 11.1 Å². The van der Waals surface area contributed by atoms with E-state index < -0.39 is 20.4 Å². The largest absolute Gasteiger partial charge is 1.00 e. The van der Waals surface area contributed by atoms with Crippen LogP contribution in [0.1, 0.15) is 49.9 Å². The van der Waals surface area contributed by atoms with Gasteiger partial charge in [0.1, 0.15) is 0 Å². The minimum atomic E-state index is -1.99. The van der Waals surface area contributed by atoms with Crippen molar-refractivity contribution in [3.63, 3.8) is 0 Å². The molecular formula is C30H36Cl2SiZr. The van der Waals surface area contributed by atoms with E-state index in [0.29, 0.717) is 11.8 Å². The first-order valence-corrected chi connectivity index (χ1v) is 20.5. The number of benzene rings is 2. The van der Waals surface area contributed by atoms with Crippen molar-refractivity contribution in [3.8, 4) is 0 Å². The zero-order chi connectivity index (χ0) is 23.2. The number of halogens is 2. The van der Waals surface area contributed by atoms with Gasteiger partial charge in [0.25, 0.3) is 0 Å². The molecule has 0 heterocycles. The third-order valence-corrected chi connectivity index (χ3v) is 25.3. The van der Waals surface area contributed by atoms with E-state index >= 15 is 0 Å². The molecule has 0 fully saturated rings. The summed E-state index contributed by atoms with van der Waals surface area (Å²) >= 11 is -1.99. The Morgan fingerprint density at radius 1 is 0.647 bits per heavy atom. The van der Waals surface area contributed by atoms with E-state index in [1.807, 2.05) is 6.56 Å². The van der Waals surface area contributed by atoms with Crippen LogP contribution < -0.4 is 24.8 Å². The Balaban J connectivity index is 0.00000204. The normalized spacial score (nSPS) is 19.1. The molecule has 0 radical (unpaired) electrons. The van der Waals surface area contributed by atoms with Crippen LogP contribution in [0.25, 0.3) is 11.1 Å². The molecule has 0 amide bonds. The van der Waals surface area contributed by atoms with E-state index in [9.17, 15) is 0 Å². The van der Waals surface area contributed by atoms with Gasteiger partial charge < -0.3 is 24.8 Å². The van der Waals surface area contributed by atoms with Gasteiger partial charge in [-0.2, -0.15) is 0 Å². The van der Waals surface area contributed by atoms with Gasteiger partial charge in [0.05, 0.1) is 0 Å². The van der Waals surface area contributed by atoms with Crippen LogP contribution in [0.5, 0.6) is 0 Å². The number of aryl methyl sites for hydroxylation is 2. The molecule has 34 heavy (non-hydrogen) atoms. The maximum absolute atomic E-state index is 2.59. The maximum Gasteiger partial charge on any atom is -1.00 e. The third-order valence-electron chi connectivity index (χ3n) is 7.06. The summed E-state index contributed by atoms with van der Waals surface area (Å²) in [5.41, 5.74) is 11.3. The molecule has 4 rings (SSSR count). The Labute approximate surface area is 227 Å². The van der Waals surface area contributed by atoms with Crippen molar-refractivity contribution >= 4 is 16.6 Å². The second-order valence-electron chi connectivity index (χ2n) is 9.93. The molecule has 0 saturated heterocycles. The van der Waals surface area contributed by atoms with Crippen LogP contribution in [0.3, 0.4) is 0 Å². The Bertz CT molecular complexity index is 1160. The fraction of sp³-hybridized carbons (Fsp3) is 0.333. The summed E-state index contributed by atoms with van der Waals surface area (Å²) in [5, 5.41) is 0. The molecule has 2 aromatic carbocycles. The molecule has 2 aromatic rings. The molecule has 178 valence electrons. The van der Waals surface area contributed by atoms with Crippen molar-refractivity contribution in [2.24, 2.45) is 11.8 Å². The summed E-state index contributed by atoms with van der Waals surface area (Å²) in [4.78, 5) is 0. The van der Waals surface area contributed by atoms with Gasteiger partial charge in [-0.1, -0.05) is 0 Å². The molecule has 2 unspecified atom stereocenters. The molecule has 0 bridgehead atoms. The molecule has 2 atom stereocenters. The zero-order valence-electron chi connectivity index (χ0n) is 21.7. The van der Waals surface area contributed by atoms with Gasteiger partial charge in [-0.3, -0.25) is 0 Å². The summed E-state index contributed by atoms with van der Waals surface area (Å²) < 4.78 is 3.73. The summed E-state index contributed by atoms with van der Waals surface area (Å²) in [6.07, 6.45) is 5.13. The number of allylic oxidation sites excluding steroid dienone is 8. The molecule has 4 heteroatoms. The first kappa shape index (κ1) is 29.3. The smallest absolute Gasteiger partial charge is 1.00 e. The molecule has 0 spiro atoms. The van der Waals surface area contributed by atoms with Crippen molar-refractivity contribution in [3.05, 3.63) is 101 Å². The fourth-order valence-electron chi connectivity index (χ4n) is 5.65. The standard InChI is InChI=1S/2C14H15.C2H6Si.2ClH.Zr/c2*1-10-5-4-6-13(8-10)14-9-11(2)7-12(14)3;1-3-2;;;/h2*4-6,8-9,11H,1-3H3;1-2H3;2*1H;/q;;;;;+2/p-2. The van der Waals surface area contributed by atoms with Crippen LogP contribution in [0.2, 0.25) is 13.1 Å². The van der Waals surface area contributed by atoms with E-state index in [2.05, 4.69) is 115 Å². The van der Waals surface area contributed by atoms with Crippen molar-refractivity contribution in [2.75, 3.05) is 0 Å². The zero-order valence-corrected chi connectivity index (χ0v) is 26.7. The molecule has 0 aromatic heterocycles. The monoisotopic (exact) mass is 584 g/mol. The van der Waals surface area contributed by atoms with Gasteiger partial charge in [0.2, 0.25) is 0 Å². The summed E-state index contributed by atoms with van der Waals surface area (Å²) in [6, 6.07) is 18.1. The molecule has 0 aliphatic heterocycles. The van der Waals surface area contributed by atoms with E-state index in [4.69, 9.17) is 0 Å². The van der Waals surface area contributed by atoms with Gasteiger partial charge in [0, 0.05) is 0 Å². The summed E-state index contributed by atoms with van der Waals surface area (Å²) in [6.45, 7) is 19.3. The summed E-state index contributed by atoms with van der Waals surface area (Å²) in [5.74, 6) is 1.16. The topological polar surface area (TPSA) is 0 Å². The van der Waals surface area contributed by atoms with Crippen molar-refractivity contribution in [2.45, 2.75) is 54.6 Å². The van der Waals surface area contributed by atoms with E-state index in [-0.39, 0.29) is 30.2 Å². The van der Waals surface area contributed by atoms with Gasteiger partial charge in [-0.05, 0) is 0 Å². The number of rotatable bonds is 4. The fourth-order valence-corrected chi connectivity index (χ4v) is 25.5. The Morgan fingerprint density at radius 3 is 1.35 bits per heavy atom. The van der Waals surface area contributed by atoms with Crippen LogP contribution in [0.15, 0.2) is 78.4 Å². The van der Waals surface area contributed by atoms with Crippen LogP contribution in [-0.2, 0) is 20.4 Å². The third kappa shape index (κ3) is 5.57. The predicted octanol–water partition coefficient (Wildman–Crippen LogP) is 2.50. The molecule has 0 saturated carbocycles. The average molecular weight is 587 g/mol. The second kappa shape index (κ2) is 11.9. The van der Waals surface area contributed by atoms with Gasteiger partial charge in [0.15, 0.2) is 0 Å². The van der Waals surface area contributed by atoms with Crippen molar-refractivity contribution in [1.29, 1.82) is 0 Å². The second-order valence-corrected chi connectivity index (χ2v) is 26.8. The minimum Gasteiger partial charge on any atom is -1.00 e. The van der Waals surface area contributed by atoms with Crippen LogP contribution in [0, 0.1) is 25.7 Å². The molecule has 0 N–H and O–H groups in total. The van der Waals surface area contributed by atoms with Gasteiger partial charge in [-0.15, -0.1) is 0 Å². The predicted molar refractivity (Wildman–Crippen MR) is 140 cm³/mol. The SMILES string of the molecule is CC1=[C]([Zr+2]([C]2=C(C)C(c3cccc(C)c3)=CC2C)=[Si](C)C)C(C)C=C1c1cccc(C)c1.[Cl-].[Cl-]. The molecular weight excluding hydrogens is 551 g/mol. The Hall–Kier alpha value is -0.920. The summed E-state index contributed by atoms with van der Waals surface area (Å²) in [7, 11) is 0. The van der Waals surface area contributed by atoms with Crippen molar-refractivity contribution in [1.82, 2.24) is 0 Å². The Kier molecular flexibility index (Phi) is 10.2. The average Bonchev–Trinajstić information content (AvgIpc) is 3.19. The number of hydrogen-bond acceptors (Lipinski definition) is 0. The van der Waals surface area contributed by atoms with Gasteiger partial charge >= 0.3 is 204 Å². The molecule has 2 aliphatic rings. The van der Waals surface area contributed by atoms with E-state index in [1.165, 1.54) is 33.4 Å². The number of hydrogen-bond donors (Lipinski definition) is 0. The minimum absolute atomic E-state index is 0. The first-order chi connectivity index (χ1) is 15.2. The molecule has 2 aliphatic carbocycles. The van der Waals surface area contributed by atoms with Crippen LogP contribution in [0.4, 0.5) is 0 Å². The first-order valence-electron chi connectivity index (χ1n) is 11.9. The van der Waals surface area contributed by atoms with Gasteiger partial charge in [-0.25, -0.2) is 0 Å². The molecule has 0 nitrogen and oxygen atoms in total. The van der Waals surface area contributed by atoms with Crippen LogP contribution in [-0.4, -0.2) is 5.43 Å². The van der Waals surface area contributed by atoms with Crippen molar-refractivity contribution < 1.29 is 45.2 Å². The quantitative estimate of drug-likeness (QED) is 0.484. The Morgan fingerprint density at radius 2 is 1.03 bits per heavy atom. The maximum atomic E-state index is 2.59. The van der Waals surface area contributed by atoms with E-state index in [0.717, 1.165) is 0 Å². The van der Waals surface area contributed by atoms with Crippen LogP contribution >= 0.6 is 0 Å².